The summed E-state index contributed by atoms with van der Waals surface area (Å²) in [6, 6.07) is 0. The highest BCUT2D eigenvalue weighted by atomic mass is 16.5. The van der Waals surface area contributed by atoms with E-state index in [-0.39, 0.29) is 5.60 Å². The van der Waals surface area contributed by atoms with Gasteiger partial charge in [0.2, 0.25) is 0 Å². The lowest BCUT2D eigenvalue weighted by Crippen LogP contribution is -2.46. The number of aliphatic imine (C=N–C) groups is 1. The van der Waals surface area contributed by atoms with Crippen molar-refractivity contribution in [1.82, 2.24) is 4.90 Å². The van der Waals surface area contributed by atoms with Crippen LogP contribution in [0.15, 0.2) is 4.99 Å². The first-order chi connectivity index (χ1) is 8.77. The number of hydrogen-bond donors (Lipinski definition) is 1. The summed E-state index contributed by atoms with van der Waals surface area (Å²) in [5, 5.41) is 0. The van der Waals surface area contributed by atoms with Crippen LogP contribution in [0.3, 0.4) is 0 Å². The first-order valence-electron chi connectivity index (χ1n) is 7.50. The maximum absolute atomic E-state index is 6.29. The molecule has 4 nitrogen and oxygen atoms in total. The van der Waals surface area contributed by atoms with Crippen LogP contribution in [0.4, 0.5) is 0 Å². The van der Waals surface area contributed by atoms with E-state index in [2.05, 4.69) is 9.89 Å². The van der Waals surface area contributed by atoms with Crippen LogP contribution in [0.5, 0.6) is 0 Å². The fraction of sp³-hybridized carbons (Fsp3) is 0.929. The van der Waals surface area contributed by atoms with E-state index in [0.717, 1.165) is 32.0 Å². The van der Waals surface area contributed by atoms with Gasteiger partial charge in [-0.15, -0.1) is 0 Å². The molecule has 2 N–H and O–H groups in total. The fourth-order valence-corrected chi connectivity index (χ4v) is 3.43. The Morgan fingerprint density at radius 3 is 2.61 bits per heavy atom. The lowest BCUT2D eigenvalue weighted by molar-refractivity contribution is -0.0599. The topological polar surface area (TPSA) is 50.9 Å². The predicted octanol–water partition coefficient (Wildman–Crippen LogP) is 1.89. The van der Waals surface area contributed by atoms with Gasteiger partial charge in [-0.3, -0.25) is 4.99 Å². The van der Waals surface area contributed by atoms with E-state index in [1.807, 2.05) is 0 Å². The van der Waals surface area contributed by atoms with Crippen LogP contribution in [0.1, 0.15) is 51.4 Å². The Bertz CT molecular complexity index is 319. The van der Waals surface area contributed by atoms with Gasteiger partial charge in [0, 0.05) is 13.1 Å². The van der Waals surface area contributed by atoms with Crippen LogP contribution in [0, 0.1) is 0 Å². The normalized spacial score (nSPS) is 31.7. The van der Waals surface area contributed by atoms with E-state index in [9.17, 15) is 0 Å². The van der Waals surface area contributed by atoms with Gasteiger partial charge in [0.15, 0.2) is 5.96 Å². The van der Waals surface area contributed by atoms with Crippen molar-refractivity contribution in [3.8, 4) is 0 Å². The van der Waals surface area contributed by atoms with Crippen molar-refractivity contribution in [2.75, 3.05) is 19.6 Å². The molecule has 1 atom stereocenters. The zero-order valence-electron chi connectivity index (χ0n) is 11.2. The Hall–Kier alpha value is -0.770. The molecule has 102 valence electrons. The molecule has 1 spiro atoms. The summed E-state index contributed by atoms with van der Waals surface area (Å²) in [6.07, 6.45) is 10.5. The number of guanidine groups is 1. The highest BCUT2D eigenvalue weighted by Gasteiger charge is 2.40. The van der Waals surface area contributed by atoms with Gasteiger partial charge in [-0.2, -0.15) is 0 Å². The van der Waals surface area contributed by atoms with Gasteiger partial charge in [-0.05, 0) is 32.1 Å². The Labute approximate surface area is 110 Å². The van der Waals surface area contributed by atoms with Crippen molar-refractivity contribution < 1.29 is 4.74 Å². The molecular formula is C14H25N3O. The summed E-state index contributed by atoms with van der Waals surface area (Å²) in [5.41, 5.74) is 6.16. The van der Waals surface area contributed by atoms with Crippen molar-refractivity contribution in [2.24, 2.45) is 10.7 Å². The molecule has 0 bridgehead atoms. The Morgan fingerprint density at radius 2 is 1.94 bits per heavy atom. The molecule has 2 saturated heterocycles. The van der Waals surface area contributed by atoms with Gasteiger partial charge < -0.3 is 15.4 Å². The van der Waals surface area contributed by atoms with Crippen LogP contribution < -0.4 is 5.73 Å². The van der Waals surface area contributed by atoms with Gasteiger partial charge in [0.1, 0.15) is 0 Å². The minimum Gasteiger partial charge on any atom is -0.370 e. The fourth-order valence-electron chi connectivity index (χ4n) is 3.43. The van der Waals surface area contributed by atoms with Crippen LogP contribution in [0.2, 0.25) is 0 Å². The second kappa shape index (κ2) is 5.08. The van der Waals surface area contributed by atoms with Gasteiger partial charge in [-0.25, -0.2) is 0 Å². The Balaban J connectivity index is 1.49. The third kappa shape index (κ3) is 2.48. The number of ether oxygens (including phenoxy) is 1. The van der Waals surface area contributed by atoms with Crippen LogP contribution >= 0.6 is 0 Å². The molecule has 0 aromatic rings. The smallest absolute Gasteiger partial charge is 0.191 e. The largest absolute Gasteiger partial charge is 0.370 e. The molecule has 1 saturated carbocycles. The first kappa shape index (κ1) is 12.3. The summed E-state index contributed by atoms with van der Waals surface area (Å²) < 4.78 is 6.29. The third-order valence-corrected chi connectivity index (χ3v) is 4.74. The summed E-state index contributed by atoms with van der Waals surface area (Å²) in [6.45, 7) is 2.90. The van der Waals surface area contributed by atoms with Gasteiger partial charge in [0.25, 0.3) is 0 Å². The molecule has 3 fully saturated rings. The summed E-state index contributed by atoms with van der Waals surface area (Å²) in [4.78, 5) is 6.65. The minimum absolute atomic E-state index is 0.212. The van der Waals surface area contributed by atoms with Gasteiger partial charge >= 0.3 is 0 Å². The van der Waals surface area contributed by atoms with Crippen LogP contribution in [-0.4, -0.2) is 42.2 Å². The molecule has 2 heterocycles. The molecule has 4 heteroatoms. The lowest BCUT2D eigenvalue weighted by Gasteiger charge is -2.33. The molecule has 18 heavy (non-hydrogen) atoms. The van der Waals surface area contributed by atoms with Crippen molar-refractivity contribution >= 4 is 5.96 Å². The van der Waals surface area contributed by atoms with Crippen LogP contribution in [-0.2, 0) is 4.74 Å². The second-order valence-electron chi connectivity index (χ2n) is 6.06. The lowest BCUT2D eigenvalue weighted by atomic mass is 9.83. The molecule has 2 aliphatic heterocycles. The number of nitrogens with two attached hydrogens (primary N) is 1. The highest BCUT2D eigenvalue weighted by molar-refractivity contribution is 5.78. The van der Waals surface area contributed by atoms with E-state index in [0.29, 0.717) is 6.10 Å². The quantitative estimate of drug-likeness (QED) is 0.602. The number of likely N-dealkylation sites (tertiary alicyclic amines) is 1. The molecule has 0 amide bonds. The predicted molar refractivity (Wildman–Crippen MR) is 72.6 cm³/mol. The number of nitrogens with zero attached hydrogens (tertiary/aromatic N) is 2. The first-order valence-corrected chi connectivity index (χ1v) is 7.50. The summed E-state index contributed by atoms with van der Waals surface area (Å²) in [5.74, 6) is 0.717. The zero-order valence-corrected chi connectivity index (χ0v) is 11.2. The number of hydrogen-bond acceptors (Lipinski definition) is 2. The van der Waals surface area contributed by atoms with E-state index in [4.69, 9.17) is 10.5 Å². The average molecular weight is 251 g/mol. The molecule has 0 aromatic carbocycles. The van der Waals surface area contributed by atoms with E-state index >= 15 is 0 Å². The van der Waals surface area contributed by atoms with E-state index < -0.39 is 0 Å². The monoisotopic (exact) mass is 251 g/mol. The van der Waals surface area contributed by atoms with Crippen molar-refractivity contribution in [3.63, 3.8) is 0 Å². The van der Waals surface area contributed by atoms with E-state index in [1.54, 1.807) is 0 Å². The van der Waals surface area contributed by atoms with Crippen LogP contribution in [0.25, 0.3) is 0 Å². The SMILES string of the molecule is NC(=NCC1CCC2(CCCCC2)O1)N1CCC1. The Kier molecular flexibility index (Phi) is 3.46. The molecule has 0 aromatic heterocycles. The molecule has 1 unspecified atom stereocenters. The van der Waals surface area contributed by atoms with Crippen molar-refractivity contribution in [1.29, 1.82) is 0 Å². The summed E-state index contributed by atoms with van der Waals surface area (Å²) >= 11 is 0. The van der Waals surface area contributed by atoms with E-state index in [1.165, 1.54) is 44.9 Å². The number of rotatable bonds is 2. The molecule has 0 radical (unpaired) electrons. The standard InChI is InChI=1S/C14H25N3O/c15-13(17-9-4-10-17)16-11-12-5-8-14(18-12)6-2-1-3-7-14/h12H,1-11H2,(H2,15,16). The van der Waals surface area contributed by atoms with Gasteiger partial charge in [0.05, 0.1) is 18.2 Å². The summed E-state index contributed by atoms with van der Waals surface area (Å²) in [7, 11) is 0. The molecule has 3 rings (SSSR count). The minimum atomic E-state index is 0.212. The van der Waals surface area contributed by atoms with Crippen molar-refractivity contribution in [2.45, 2.75) is 63.1 Å². The molecule has 3 aliphatic rings. The zero-order chi connectivity index (χ0) is 12.4. The van der Waals surface area contributed by atoms with Gasteiger partial charge in [-0.1, -0.05) is 19.3 Å². The second-order valence-corrected chi connectivity index (χ2v) is 6.06. The maximum Gasteiger partial charge on any atom is 0.191 e. The molecule has 1 aliphatic carbocycles. The third-order valence-electron chi connectivity index (χ3n) is 4.74. The maximum atomic E-state index is 6.29. The molecular weight excluding hydrogens is 226 g/mol. The Morgan fingerprint density at radius 1 is 1.17 bits per heavy atom. The highest BCUT2D eigenvalue weighted by Crippen LogP contribution is 2.41. The van der Waals surface area contributed by atoms with Crippen molar-refractivity contribution in [3.05, 3.63) is 0 Å². The average Bonchev–Trinajstić information content (AvgIpc) is 2.69.